The number of carboxylic acids is 2. The molecule has 10 heavy (non-hydrogen) atoms. The molecule has 7 N–H and O–H groups in total. The van der Waals surface area contributed by atoms with Gasteiger partial charge in [0.05, 0.1) is 6.42 Å². The van der Waals surface area contributed by atoms with Gasteiger partial charge in [-0.05, 0) is 0 Å². The van der Waals surface area contributed by atoms with Crippen molar-refractivity contribution in [3.8, 4) is 0 Å². The molecular weight excluding hydrogens is 142 g/mol. The van der Waals surface area contributed by atoms with Crippen molar-refractivity contribution < 1.29 is 24.9 Å². The Morgan fingerprint density at radius 3 is 1.80 bits per heavy atom. The number of carboxylic acid groups (broad SMARTS) is 2. The molecule has 0 aromatic heterocycles. The molecule has 0 saturated carbocycles. The van der Waals surface area contributed by atoms with Gasteiger partial charge in [-0.25, -0.2) is 4.79 Å². The second kappa shape index (κ2) is 4.71. The second-order valence-corrected chi connectivity index (χ2v) is 1.45. The van der Waals surface area contributed by atoms with Crippen LogP contribution in [0.3, 0.4) is 0 Å². The largest absolute Gasteiger partial charge is 0.481 e. The van der Waals surface area contributed by atoms with Gasteiger partial charge >= 0.3 is 11.9 Å². The van der Waals surface area contributed by atoms with Gasteiger partial charge in [0.1, 0.15) is 0 Å². The predicted molar refractivity (Wildman–Crippen MR) is 31.9 cm³/mol. The molecule has 6 nitrogen and oxygen atoms in total. The Hall–Kier alpha value is -1.14. The maximum atomic E-state index is 9.72. The Labute approximate surface area is 56.7 Å². The van der Waals surface area contributed by atoms with Crippen molar-refractivity contribution in [2.75, 3.05) is 0 Å². The van der Waals surface area contributed by atoms with Gasteiger partial charge in [0, 0.05) is 0 Å². The van der Waals surface area contributed by atoms with Gasteiger partial charge in [0.15, 0.2) is 6.10 Å². The molecule has 0 fully saturated rings. The maximum absolute atomic E-state index is 9.72. The molecule has 0 rings (SSSR count). The third-order valence-electron chi connectivity index (χ3n) is 0.653. The number of carbonyl (C=O) groups is 2. The summed E-state index contributed by atoms with van der Waals surface area (Å²) in [5.74, 6) is -2.85. The molecule has 6 heteroatoms. The lowest BCUT2D eigenvalue weighted by atomic mass is 10.3. The lowest BCUT2D eigenvalue weighted by Crippen LogP contribution is -2.22. The molecule has 0 bridgehead atoms. The predicted octanol–water partition coefficient (Wildman–Crippen LogP) is -0.717. The molecule has 0 heterocycles. The van der Waals surface area contributed by atoms with Crippen molar-refractivity contribution >= 4 is 11.9 Å². The molecule has 0 spiro atoms. The fourth-order valence-corrected chi connectivity index (χ4v) is 0.253. The van der Waals surface area contributed by atoms with E-state index in [4.69, 9.17) is 15.3 Å². The van der Waals surface area contributed by atoms with Gasteiger partial charge in [0.2, 0.25) is 0 Å². The van der Waals surface area contributed by atoms with E-state index in [1.807, 2.05) is 0 Å². The molecule has 60 valence electrons. The van der Waals surface area contributed by atoms with Crippen LogP contribution >= 0.6 is 0 Å². The lowest BCUT2D eigenvalue weighted by Gasteiger charge is -1.97. The average Bonchev–Trinajstić information content (AvgIpc) is 1.63. The van der Waals surface area contributed by atoms with E-state index >= 15 is 0 Å². The Bertz CT molecular complexity index is 134. The fraction of sp³-hybridized carbons (Fsp3) is 0.500. The highest BCUT2D eigenvalue weighted by Gasteiger charge is 2.16. The van der Waals surface area contributed by atoms with Crippen LogP contribution in [0.4, 0.5) is 0 Å². The number of hydrogen-bond acceptors (Lipinski definition) is 3. The first-order chi connectivity index (χ1) is 4.04. The van der Waals surface area contributed by atoms with Crippen molar-refractivity contribution in [1.82, 2.24) is 6.15 Å². The topological polar surface area (TPSA) is 131 Å². The standard InChI is InChI=1S/C4H6O5.H3N/c5-2(4(8)9)1-3(6)7;/h2,5H,1H2,(H,6,7)(H,8,9);1H3/p+1. The Morgan fingerprint density at radius 2 is 1.70 bits per heavy atom. The minimum absolute atomic E-state index is 0. The molecule has 0 amide bonds. The van der Waals surface area contributed by atoms with Crippen LogP contribution < -0.4 is 6.15 Å². The van der Waals surface area contributed by atoms with Crippen LogP contribution in [0, 0.1) is 0 Å². The summed E-state index contributed by atoms with van der Waals surface area (Å²) in [6.07, 6.45) is -2.54. The van der Waals surface area contributed by atoms with Gasteiger partial charge in [-0.15, -0.1) is 0 Å². The number of aliphatic hydroxyl groups is 1. The molecule has 1 atom stereocenters. The van der Waals surface area contributed by atoms with Gasteiger partial charge in [0.25, 0.3) is 0 Å². The highest BCUT2D eigenvalue weighted by atomic mass is 16.4. The Kier molecular flexibility index (Phi) is 5.48. The van der Waals surface area contributed by atoms with Crippen molar-refractivity contribution in [2.24, 2.45) is 0 Å². The molecule has 0 saturated heterocycles. The molecule has 0 radical (unpaired) electrons. The summed E-state index contributed by atoms with van der Waals surface area (Å²) in [6, 6.07) is 0. The molecule has 0 aliphatic heterocycles. The first kappa shape index (κ1) is 11.6. The second-order valence-electron chi connectivity index (χ2n) is 1.45. The zero-order valence-electron chi connectivity index (χ0n) is 5.44. The summed E-state index contributed by atoms with van der Waals surface area (Å²) >= 11 is 0. The van der Waals surface area contributed by atoms with E-state index in [1.54, 1.807) is 0 Å². The molecule has 1 unspecified atom stereocenters. The Balaban J connectivity index is 0. The van der Waals surface area contributed by atoms with E-state index in [2.05, 4.69) is 0 Å². The quantitative estimate of drug-likeness (QED) is 0.423. The summed E-state index contributed by atoms with van der Waals surface area (Å²) in [7, 11) is 0. The van der Waals surface area contributed by atoms with Crippen molar-refractivity contribution in [3.05, 3.63) is 0 Å². The van der Waals surface area contributed by atoms with Crippen LogP contribution in [0.2, 0.25) is 0 Å². The SMILES string of the molecule is O=C(O)CC(O)C(=O)O.[NH4+]. The van der Waals surface area contributed by atoms with E-state index in [-0.39, 0.29) is 6.15 Å². The minimum atomic E-state index is -1.79. The molecule has 0 aliphatic carbocycles. The van der Waals surface area contributed by atoms with E-state index in [0.29, 0.717) is 0 Å². The van der Waals surface area contributed by atoms with Crippen molar-refractivity contribution in [1.29, 1.82) is 0 Å². The fourth-order valence-electron chi connectivity index (χ4n) is 0.253. The first-order valence-electron chi connectivity index (χ1n) is 2.16. The number of quaternary nitrogens is 1. The van der Waals surface area contributed by atoms with Gasteiger partial charge in [-0.3, -0.25) is 4.79 Å². The van der Waals surface area contributed by atoms with Gasteiger partial charge in [-0.2, -0.15) is 0 Å². The average molecular weight is 152 g/mol. The lowest BCUT2D eigenvalue weighted by molar-refractivity contribution is -0.152. The normalized spacial score (nSPS) is 11.3. The number of aliphatic carboxylic acids is 2. The highest BCUT2D eigenvalue weighted by Crippen LogP contribution is 1.89. The van der Waals surface area contributed by atoms with Gasteiger partial charge in [-0.1, -0.05) is 0 Å². The molecular formula is C4H10NO5+. The zero-order valence-corrected chi connectivity index (χ0v) is 5.44. The minimum Gasteiger partial charge on any atom is -0.481 e. The van der Waals surface area contributed by atoms with Crippen LogP contribution in [-0.4, -0.2) is 33.4 Å². The summed E-state index contributed by atoms with van der Waals surface area (Å²) in [6.45, 7) is 0. The van der Waals surface area contributed by atoms with E-state index in [0.717, 1.165) is 0 Å². The van der Waals surface area contributed by atoms with E-state index in [9.17, 15) is 9.59 Å². The maximum Gasteiger partial charge on any atom is 0.333 e. The van der Waals surface area contributed by atoms with E-state index in [1.165, 1.54) is 0 Å². The van der Waals surface area contributed by atoms with Crippen LogP contribution in [-0.2, 0) is 9.59 Å². The molecule has 0 aromatic rings. The number of hydrogen-bond donors (Lipinski definition) is 4. The Morgan fingerprint density at radius 1 is 1.30 bits per heavy atom. The van der Waals surface area contributed by atoms with Crippen molar-refractivity contribution in [2.45, 2.75) is 12.5 Å². The number of aliphatic hydroxyl groups excluding tert-OH is 1. The molecule has 0 aromatic carbocycles. The van der Waals surface area contributed by atoms with Crippen LogP contribution in [0.25, 0.3) is 0 Å². The smallest absolute Gasteiger partial charge is 0.333 e. The zero-order chi connectivity index (χ0) is 7.44. The summed E-state index contributed by atoms with van der Waals surface area (Å²) in [4.78, 5) is 19.4. The third-order valence-corrected chi connectivity index (χ3v) is 0.653. The summed E-state index contributed by atoms with van der Waals surface area (Å²) in [5.41, 5.74) is 0. The van der Waals surface area contributed by atoms with Crippen LogP contribution in [0.1, 0.15) is 6.42 Å². The summed E-state index contributed by atoms with van der Waals surface area (Å²) < 4.78 is 0. The first-order valence-corrected chi connectivity index (χ1v) is 2.16. The third kappa shape index (κ3) is 5.01. The van der Waals surface area contributed by atoms with Crippen molar-refractivity contribution in [3.63, 3.8) is 0 Å². The monoisotopic (exact) mass is 152 g/mol. The molecule has 0 aliphatic rings. The van der Waals surface area contributed by atoms with Gasteiger partial charge < -0.3 is 21.5 Å². The van der Waals surface area contributed by atoms with Crippen LogP contribution in [0.15, 0.2) is 0 Å². The number of rotatable bonds is 3. The highest BCUT2D eigenvalue weighted by molar-refractivity contribution is 5.79. The summed E-state index contributed by atoms with van der Waals surface area (Å²) in [5, 5.41) is 24.1. The van der Waals surface area contributed by atoms with E-state index < -0.39 is 24.5 Å². The van der Waals surface area contributed by atoms with Crippen LogP contribution in [0.5, 0.6) is 0 Å².